The average molecular weight is 409 g/mol. The highest BCUT2D eigenvalue weighted by molar-refractivity contribution is 5.98. The summed E-state index contributed by atoms with van der Waals surface area (Å²) < 4.78 is 0. The Morgan fingerprint density at radius 2 is 1.64 bits per heavy atom. The largest absolute Gasteiger partial charge is 0.343 e. The average Bonchev–Trinajstić information content (AvgIpc) is 2.67. The summed E-state index contributed by atoms with van der Waals surface area (Å²) in [6, 6.07) is 8.10. The molecule has 0 aromatic heterocycles. The minimum absolute atomic E-state index is 0. The number of nitrogens with zero attached hydrogens (tertiary/aromatic N) is 1. The first-order valence-electron chi connectivity index (χ1n) is 10.6. The van der Waals surface area contributed by atoms with Crippen molar-refractivity contribution in [3.05, 3.63) is 35.4 Å². The Morgan fingerprint density at radius 1 is 1.04 bits per heavy atom. The van der Waals surface area contributed by atoms with Gasteiger partial charge in [0.25, 0.3) is 0 Å². The van der Waals surface area contributed by atoms with E-state index < -0.39 is 0 Å². The molecule has 0 spiro atoms. The van der Waals surface area contributed by atoms with E-state index in [9.17, 15) is 9.59 Å². The molecule has 0 aliphatic carbocycles. The van der Waals surface area contributed by atoms with Crippen molar-refractivity contribution in [3.63, 3.8) is 0 Å². The van der Waals surface area contributed by atoms with Crippen molar-refractivity contribution >= 4 is 24.1 Å². The maximum Gasteiger partial charge on any atom is 0.222 e. The standard InChI is InChI=1S/C23H36N2O2.ClH/c1-18(2)17-19-8-10-20(11-9-19)23(27)21-12-15-25(16-13-21)22(26)7-5-3-4-6-14-24;/h8-11,18,21H,3-7,12-17,24H2,1-2H3;1H. The number of hydrogen-bond acceptors (Lipinski definition) is 3. The van der Waals surface area contributed by atoms with E-state index in [-0.39, 0.29) is 30.0 Å². The third-order valence-electron chi connectivity index (χ3n) is 5.45. The molecule has 0 atom stereocenters. The van der Waals surface area contributed by atoms with Gasteiger partial charge in [0.15, 0.2) is 5.78 Å². The molecular formula is C23H37ClN2O2. The second-order valence-electron chi connectivity index (χ2n) is 8.27. The Balaban J connectivity index is 0.00000392. The predicted octanol–water partition coefficient (Wildman–Crippen LogP) is 4.64. The summed E-state index contributed by atoms with van der Waals surface area (Å²) in [5.41, 5.74) is 7.59. The van der Waals surface area contributed by atoms with Crippen LogP contribution < -0.4 is 5.73 Å². The van der Waals surface area contributed by atoms with E-state index in [4.69, 9.17) is 5.73 Å². The highest BCUT2D eigenvalue weighted by Crippen LogP contribution is 2.23. The van der Waals surface area contributed by atoms with E-state index in [2.05, 4.69) is 26.0 Å². The lowest BCUT2D eigenvalue weighted by molar-refractivity contribution is -0.132. The van der Waals surface area contributed by atoms with E-state index in [0.717, 1.165) is 57.1 Å². The van der Waals surface area contributed by atoms with Crippen LogP contribution in [0.5, 0.6) is 0 Å². The molecule has 1 amide bonds. The Hall–Kier alpha value is -1.39. The lowest BCUT2D eigenvalue weighted by atomic mass is 9.88. The molecular weight excluding hydrogens is 372 g/mol. The van der Waals surface area contributed by atoms with Crippen LogP contribution in [0.3, 0.4) is 0 Å². The Bertz CT molecular complexity index is 593. The normalized spacial score (nSPS) is 14.8. The van der Waals surface area contributed by atoms with E-state index in [1.807, 2.05) is 17.0 Å². The van der Waals surface area contributed by atoms with Crippen molar-refractivity contribution in [1.29, 1.82) is 0 Å². The molecule has 1 fully saturated rings. The molecule has 0 unspecified atom stereocenters. The molecule has 1 heterocycles. The Labute approximate surface area is 176 Å². The van der Waals surface area contributed by atoms with Crippen molar-refractivity contribution in [3.8, 4) is 0 Å². The highest BCUT2D eigenvalue weighted by Gasteiger charge is 2.27. The lowest BCUT2D eigenvalue weighted by Gasteiger charge is -2.31. The van der Waals surface area contributed by atoms with Gasteiger partial charge in [-0.1, -0.05) is 51.0 Å². The molecule has 0 bridgehead atoms. The molecule has 2 rings (SSSR count). The van der Waals surface area contributed by atoms with Crippen molar-refractivity contribution in [2.24, 2.45) is 17.6 Å². The van der Waals surface area contributed by atoms with Crippen LogP contribution in [0.25, 0.3) is 0 Å². The molecule has 5 heteroatoms. The number of carbonyl (C=O) groups is 2. The van der Waals surface area contributed by atoms with Crippen molar-refractivity contribution in [2.45, 2.75) is 65.2 Å². The lowest BCUT2D eigenvalue weighted by Crippen LogP contribution is -2.40. The molecule has 28 heavy (non-hydrogen) atoms. The number of rotatable bonds is 10. The third kappa shape index (κ3) is 7.92. The number of nitrogens with two attached hydrogens (primary N) is 1. The molecule has 0 saturated carbocycles. The van der Waals surface area contributed by atoms with E-state index in [1.54, 1.807) is 0 Å². The van der Waals surface area contributed by atoms with Gasteiger partial charge in [-0.05, 0) is 50.1 Å². The van der Waals surface area contributed by atoms with Crippen LogP contribution in [0.4, 0.5) is 0 Å². The number of carbonyl (C=O) groups excluding carboxylic acids is 2. The van der Waals surface area contributed by atoms with Gasteiger partial charge in [0, 0.05) is 31.0 Å². The monoisotopic (exact) mass is 408 g/mol. The number of hydrogen-bond donors (Lipinski definition) is 1. The predicted molar refractivity (Wildman–Crippen MR) is 118 cm³/mol. The number of unbranched alkanes of at least 4 members (excludes halogenated alkanes) is 3. The fourth-order valence-electron chi connectivity index (χ4n) is 3.84. The topological polar surface area (TPSA) is 63.4 Å². The Kier molecular flexibility index (Phi) is 11.4. The van der Waals surface area contributed by atoms with Gasteiger partial charge in [0.2, 0.25) is 5.91 Å². The van der Waals surface area contributed by atoms with Crippen LogP contribution >= 0.6 is 12.4 Å². The van der Waals surface area contributed by atoms with Gasteiger partial charge in [-0.15, -0.1) is 12.4 Å². The van der Waals surface area contributed by atoms with Crippen LogP contribution in [-0.2, 0) is 11.2 Å². The molecule has 4 nitrogen and oxygen atoms in total. The van der Waals surface area contributed by atoms with Gasteiger partial charge in [0.1, 0.15) is 0 Å². The molecule has 0 radical (unpaired) electrons. The summed E-state index contributed by atoms with van der Waals surface area (Å²) in [6.45, 7) is 6.56. The van der Waals surface area contributed by atoms with Crippen LogP contribution in [0.15, 0.2) is 24.3 Å². The summed E-state index contributed by atoms with van der Waals surface area (Å²) in [5, 5.41) is 0. The zero-order valence-electron chi connectivity index (χ0n) is 17.5. The first-order chi connectivity index (χ1) is 13.0. The number of likely N-dealkylation sites (tertiary alicyclic amines) is 1. The zero-order chi connectivity index (χ0) is 19.6. The van der Waals surface area contributed by atoms with Gasteiger partial charge in [0.05, 0.1) is 0 Å². The second-order valence-corrected chi connectivity index (χ2v) is 8.27. The number of ketones is 1. The van der Waals surface area contributed by atoms with Crippen LogP contribution in [-0.4, -0.2) is 36.2 Å². The summed E-state index contributed by atoms with van der Waals surface area (Å²) in [4.78, 5) is 27.0. The summed E-state index contributed by atoms with van der Waals surface area (Å²) >= 11 is 0. The van der Waals surface area contributed by atoms with Crippen molar-refractivity contribution < 1.29 is 9.59 Å². The minimum Gasteiger partial charge on any atom is -0.343 e. The van der Waals surface area contributed by atoms with E-state index in [0.29, 0.717) is 25.4 Å². The fourth-order valence-corrected chi connectivity index (χ4v) is 3.84. The molecule has 1 aromatic rings. The van der Waals surface area contributed by atoms with E-state index >= 15 is 0 Å². The third-order valence-corrected chi connectivity index (χ3v) is 5.45. The molecule has 1 aliphatic rings. The molecule has 158 valence electrons. The zero-order valence-corrected chi connectivity index (χ0v) is 18.3. The van der Waals surface area contributed by atoms with Gasteiger partial charge >= 0.3 is 0 Å². The van der Waals surface area contributed by atoms with Crippen LogP contribution in [0, 0.1) is 11.8 Å². The first-order valence-corrected chi connectivity index (χ1v) is 10.6. The van der Waals surface area contributed by atoms with Gasteiger partial charge < -0.3 is 10.6 Å². The number of Topliss-reactive ketones (excluding diaryl/α,β-unsaturated/α-hetero) is 1. The summed E-state index contributed by atoms with van der Waals surface area (Å²) in [5.74, 6) is 1.15. The van der Waals surface area contributed by atoms with Crippen LogP contribution in [0.2, 0.25) is 0 Å². The number of amides is 1. The molecule has 1 aliphatic heterocycles. The first kappa shape index (κ1) is 24.6. The number of benzene rings is 1. The number of halogens is 1. The van der Waals surface area contributed by atoms with Gasteiger partial charge in [-0.25, -0.2) is 0 Å². The quantitative estimate of drug-likeness (QED) is 0.453. The van der Waals surface area contributed by atoms with Crippen molar-refractivity contribution in [2.75, 3.05) is 19.6 Å². The summed E-state index contributed by atoms with van der Waals surface area (Å²) in [7, 11) is 0. The molecule has 2 N–H and O–H groups in total. The highest BCUT2D eigenvalue weighted by atomic mass is 35.5. The summed E-state index contributed by atoms with van der Waals surface area (Å²) in [6.07, 6.45) is 7.40. The fraction of sp³-hybridized carbons (Fsp3) is 0.652. The second kappa shape index (κ2) is 12.9. The molecule has 1 aromatic carbocycles. The smallest absolute Gasteiger partial charge is 0.222 e. The van der Waals surface area contributed by atoms with Gasteiger partial charge in [-0.2, -0.15) is 0 Å². The number of piperidine rings is 1. The SMILES string of the molecule is CC(C)Cc1ccc(C(=O)C2CCN(C(=O)CCCCCCN)CC2)cc1.Cl. The van der Waals surface area contributed by atoms with Gasteiger partial charge in [-0.3, -0.25) is 9.59 Å². The Morgan fingerprint density at radius 3 is 2.21 bits per heavy atom. The minimum atomic E-state index is 0. The van der Waals surface area contributed by atoms with E-state index in [1.165, 1.54) is 5.56 Å². The van der Waals surface area contributed by atoms with Crippen molar-refractivity contribution in [1.82, 2.24) is 4.90 Å². The maximum atomic E-state index is 12.8. The maximum absolute atomic E-state index is 12.8. The molecule has 1 saturated heterocycles. The van der Waals surface area contributed by atoms with Crippen LogP contribution in [0.1, 0.15) is 74.7 Å².